The van der Waals surface area contributed by atoms with E-state index in [1.165, 1.54) is 6.92 Å². The molecule has 0 spiro atoms. The zero-order chi connectivity index (χ0) is 28.3. The Morgan fingerprint density at radius 1 is 1.07 bits per heavy atom. The smallest absolute Gasteiger partial charge is 0.248 e. The van der Waals surface area contributed by atoms with Crippen LogP contribution in [0.25, 0.3) is 22.0 Å². The molecule has 2 aliphatic rings. The number of nitrogens with zero attached hydrogens (tertiary/aromatic N) is 6. The van der Waals surface area contributed by atoms with Gasteiger partial charge in [0, 0.05) is 36.3 Å². The Kier molecular flexibility index (Phi) is 6.29. The van der Waals surface area contributed by atoms with E-state index in [9.17, 15) is 14.4 Å². The summed E-state index contributed by atoms with van der Waals surface area (Å²) >= 11 is 3.37. The monoisotopic (exact) mass is 601 g/mol. The van der Waals surface area contributed by atoms with Gasteiger partial charge in [-0.05, 0) is 83.4 Å². The predicted molar refractivity (Wildman–Crippen MR) is 153 cm³/mol. The molecule has 3 atom stereocenters. The van der Waals surface area contributed by atoms with Crippen molar-refractivity contribution in [3.63, 3.8) is 0 Å². The highest BCUT2D eigenvalue weighted by Crippen LogP contribution is 2.59. The zero-order valence-electron chi connectivity index (χ0n) is 22.6. The van der Waals surface area contributed by atoms with Gasteiger partial charge in [-0.2, -0.15) is 5.10 Å². The van der Waals surface area contributed by atoms with Crippen LogP contribution in [-0.4, -0.2) is 59.3 Å². The number of hydrogen-bond acceptors (Lipinski definition) is 7. The van der Waals surface area contributed by atoms with Crippen molar-refractivity contribution in [1.29, 1.82) is 0 Å². The lowest BCUT2D eigenvalue weighted by atomic mass is 10.0. The molecule has 0 radical (unpaired) electrons. The number of carbonyl (C=O) groups excluding carboxylic acids is 3. The third kappa shape index (κ3) is 4.68. The van der Waals surface area contributed by atoms with Gasteiger partial charge in [0.1, 0.15) is 34.5 Å². The van der Waals surface area contributed by atoms with E-state index in [-0.39, 0.29) is 35.6 Å². The van der Waals surface area contributed by atoms with E-state index in [4.69, 9.17) is 0 Å². The standard InChI is InChI=1S/C29H28BrN7O3/c1-15-7-24(30)33-25(8-15)34-28(40)22-10-29(4)11-23(29)37(22)26(39)14-36-21-6-5-18(19-12-31-17(3)32-13-19)9-20(21)27(35-36)16(2)38/h5-9,12-13,22-23H,10-11,14H2,1-4H3,(H,33,34,40)/t22-,23+,29-/m0/s1. The molecule has 1 N–H and O–H groups in total. The maximum Gasteiger partial charge on any atom is 0.248 e. The second kappa shape index (κ2) is 9.58. The normalized spacial score (nSPS) is 21.4. The number of likely N-dealkylation sites (tertiary alicyclic amines) is 1. The van der Waals surface area contributed by atoms with E-state index in [0.29, 0.717) is 39.3 Å². The van der Waals surface area contributed by atoms with E-state index < -0.39 is 6.04 Å². The molecule has 6 rings (SSSR count). The Hall–Kier alpha value is -3.99. The fraction of sp³-hybridized carbons (Fsp3) is 0.345. The molecule has 1 aliphatic heterocycles. The van der Waals surface area contributed by atoms with Gasteiger partial charge < -0.3 is 10.2 Å². The first-order valence-electron chi connectivity index (χ1n) is 13.1. The van der Waals surface area contributed by atoms with Gasteiger partial charge in [-0.3, -0.25) is 19.1 Å². The lowest BCUT2D eigenvalue weighted by molar-refractivity contribution is -0.138. The van der Waals surface area contributed by atoms with E-state index in [0.717, 1.165) is 23.1 Å². The molecule has 204 valence electrons. The van der Waals surface area contributed by atoms with Crippen LogP contribution in [0.5, 0.6) is 0 Å². The first-order valence-corrected chi connectivity index (χ1v) is 13.9. The van der Waals surface area contributed by atoms with Gasteiger partial charge in [0.25, 0.3) is 0 Å². The third-order valence-corrected chi connectivity index (χ3v) is 8.31. The molecule has 1 aromatic carbocycles. The fourth-order valence-corrected chi connectivity index (χ4v) is 6.30. The topological polar surface area (TPSA) is 123 Å². The summed E-state index contributed by atoms with van der Waals surface area (Å²) in [4.78, 5) is 54.2. The Labute approximate surface area is 239 Å². The average Bonchev–Trinajstić information content (AvgIpc) is 3.26. The van der Waals surface area contributed by atoms with Crippen molar-refractivity contribution in [2.24, 2.45) is 5.41 Å². The molecular formula is C29H28BrN7O3. The first-order chi connectivity index (χ1) is 19.0. The van der Waals surface area contributed by atoms with Crippen LogP contribution < -0.4 is 5.32 Å². The molecule has 1 saturated carbocycles. The molecule has 11 heteroatoms. The lowest BCUT2D eigenvalue weighted by Crippen LogP contribution is -2.46. The minimum Gasteiger partial charge on any atom is -0.325 e. The molecule has 1 saturated heterocycles. The molecule has 2 fully saturated rings. The second-order valence-electron chi connectivity index (χ2n) is 11.0. The number of rotatable bonds is 6. The Morgan fingerprint density at radius 3 is 2.52 bits per heavy atom. The summed E-state index contributed by atoms with van der Waals surface area (Å²) in [7, 11) is 0. The van der Waals surface area contributed by atoms with Crippen LogP contribution in [0.4, 0.5) is 5.82 Å². The summed E-state index contributed by atoms with van der Waals surface area (Å²) in [6.07, 6.45) is 4.92. The van der Waals surface area contributed by atoms with Crippen molar-refractivity contribution in [3.8, 4) is 11.1 Å². The summed E-state index contributed by atoms with van der Waals surface area (Å²) in [6, 6.07) is 8.68. The molecule has 3 aromatic heterocycles. The highest BCUT2D eigenvalue weighted by molar-refractivity contribution is 9.10. The van der Waals surface area contributed by atoms with Gasteiger partial charge in [0.2, 0.25) is 11.8 Å². The molecule has 4 heterocycles. The number of carbonyl (C=O) groups is 3. The molecule has 0 bridgehead atoms. The van der Waals surface area contributed by atoms with Crippen molar-refractivity contribution in [3.05, 3.63) is 64.4 Å². The van der Waals surface area contributed by atoms with Crippen LogP contribution in [-0.2, 0) is 16.1 Å². The minimum absolute atomic E-state index is 0.00445. The number of ketones is 1. The summed E-state index contributed by atoms with van der Waals surface area (Å²) in [5, 5.41) is 8.08. The van der Waals surface area contributed by atoms with Gasteiger partial charge in [-0.15, -0.1) is 0 Å². The SMILES string of the molecule is CC(=O)c1nn(CC(=O)N2[C@H](C(=O)Nc3cc(C)cc(Br)n3)C[C@@]3(C)C[C@@H]23)c2ccc(-c3cnc(C)nc3)cc12. The zero-order valence-corrected chi connectivity index (χ0v) is 24.2. The molecular weight excluding hydrogens is 574 g/mol. The number of aryl methyl sites for hydroxylation is 2. The molecule has 10 nitrogen and oxygen atoms in total. The van der Waals surface area contributed by atoms with Crippen LogP contribution >= 0.6 is 15.9 Å². The maximum atomic E-state index is 13.8. The fourth-order valence-electron chi connectivity index (χ4n) is 5.75. The summed E-state index contributed by atoms with van der Waals surface area (Å²) < 4.78 is 2.19. The number of fused-ring (bicyclic) bond motifs is 2. The number of benzene rings is 1. The van der Waals surface area contributed by atoms with Crippen molar-refractivity contribution in [2.45, 2.75) is 59.2 Å². The van der Waals surface area contributed by atoms with Crippen molar-refractivity contribution < 1.29 is 14.4 Å². The quantitative estimate of drug-likeness (QED) is 0.255. The Bertz CT molecular complexity index is 1680. The number of halogens is 1. The highest BCUT2D eigenvalue weighted by atomic mass is 79.9. The van der Waals surface area contributed by atoms with E-state index >= 15 is 0 Å². The van der Waals surface area contributed by atoms with Gasteiger partial charge in [0.05, 0.1) is 5.52 Å². The number of Topliss-reactive ketones (excluding diaryl/α,β-unsaturated/α-hetero) is 1. The van der Waals surface area contributed by atoms with Crippen LogP contribution in [0.15, 0.2) is 47.3 Å². The molecule has 40 heavy (non-hydrogen) atoms. The summed E-state index contributed by atoms with van der Waals surface area (Å²) in [6.45, 7) is 7.23. The largest absolute Gasteiger partial charge is 0.325 e. The van der Waals surface area contributed by atoms with Gasteiger partial charge in [0.15, 0.2) is 5.78 Å². The van der Waals surface area contributed by atoms with Crippen molar-refractivity contribution >= 4 is 50.2 Å². The second-order valence-corrected chi connectivity index (χ2v) is 11.9. The molecule has 4 aromatic rings. The molecule has 1 aliphatic carbocycles. The van der Waals surface area contributed by atoms with Crippen LogP contribution in [0.1, 0.15) is 48.6 Å². The Morgan fingerprint density at radius 2 is 1.82 bits per heavy atom. The molecule has 0 unspecified atom stereocenters. The van der Waals surface area contributed by atoms with Gasteiger partial charge in [-0.25, -0.2) is 15.0 Å². The number of amides is 2. The average molecular weight is 602 g/mol. The van der Waals surface area contributed by atoms with Gasteiger partial charge >= 0.3 is 0 Å². The van der Waals surface area contributed by atoms with Crippen molar-refractivity contribution in [1.82, 2.24) is 29.6 Å². The van der Waals surface area contributed by atoms with Crippen LogP contribution in [0.2, 0.25) is 0 Å². The summed E-state index contributed by atoms with van der Waals surface area (Å²) in [5.74, 6) is 0.448. The number of anilines is 1. The molecule has 2 amide bonds. The lowest BCUT2D eigenvalue weighted by Gasteiger charge is -2.27. The third-order valence-electron chi connectivity index (χ3n) is 7.90. The number of piperidine rings is 1. The number of pyridine rings is 1. The predicted octanol–water partition coefficient (Wildman–Crippen LogP) is 4.49. The minimum atomic E-state index is -0.611. The maximum absolute atomic E-state index is 13.8. The number of hydrogen-bond donors (Lipinski definition) is 1. The number of aromatic nitrogens is 5. The first kappa shape index (κ1) is 26.2. The van der Waals surface area contributed by atoms with E-state index in [1.807, 2.05) is 38.1 Å². The Balaban J connectivity index is 1.28. The van der Waals surface area contributed by atoms with Crippen LogP contribution in [0, 0.1) is 19.3 Å². The van der Waals surface area contributed by atoms with Crippen molar-refractivity contribution in [2.75, 3.05) is 5.32 Å². The number of nitrogens with one attached hydrogen (secondary N) is 1. The van der Waals surface area contributed by atoms with Gasteiger partial charge in [-0.1, -0.05) is 13.0 Å². The highest BCUT2D eigenvalue weighted by Gasteiger charge is 2.64. The van der Waals surface area contributed by atoms with E-state index in [1.54, 1.807) is 28.0 Å². The van der Waals surface area contributed by atoms with Crippen LogP contribution in [0.3, 0.4) is 0 Å². The van der Waals surface area contributed by atoms with E-state index in [2.05, 4.69) is 48.2 Å². The summed E-state index contributed by atoms with van der Waals surface area (Å²) in [5.41, 5.74) is 3.50.